The maximum atomic E-state index is 11.9. The minimum Gasteiger partial charge on any atom is -0.353 e. The standard InChI is InChI=1S/C14H27N3O2/c1-4-17(5-2)14(19)7-6-13(18)16-12-8-9-15-10-11(12)3/h11-12,15H,4-10H2,1-3H3,(H,16,18). The second kappa shape index (κ2) is 8.15. The van der Waals surface area contributed by atoms with Crippen molar-refractivity contribution < 1.29 is 9.59 Å². The van der Waals surface area contributed by atoms with Crippen molar-refractivity contribution >= 4 is 11.8 Å². The highest BCUT2D eigenvalue weighted by Gasteiger charge is 2.22. The van der Waals surface area contributed by atoms with Crippen LogP contribution in [0.3, 0.4) is 0 Å². The van der Waals surface area contributed by atoms with Gasteiger partial charge in [0.15, 0.2) is 0 Å². The molecule has 2 unspecified atom stereocenters. The average molecular weight is 269 g/mol. The zero-order chi connectivity index (χ0) is 14.3. The van der Waals surface area contributed by atoms with Gasteiger partial charge in [0, 0.05) is 32.0 Å². The van der Waals surface area contributed by atoms with E-state index in [9.17, 15) is 9.59 Å². The summed E-state index contributed by atoms with van der Waals surface area (Å²) < 4.78 is 0. The van der Waals surface area contributed by atoms with E-state index in [2.05, 4.69) is 17.6 Å². The molecule has 0 spiro atoms. The van der Waals surface area contributed by atoms with Crippen LogP contribution in [0.4, 0.5) is 0 Å². The third kappa shape index (κ3) is 5.19. The highest BCUT2D eigenvalue weighted by molar-refractivity contribution is 5.83. The van der Waals surface area contributed by atoms with E-state index in [1.165, 1.54) is 0 Å². The van der Waals surface area contributed by atoms with E-state index in [1.807, 2.05) is 13.8 Å². The lowest BCUT2D eigenvalue weighted by molar-refractivity contribution is -0.133. The van der Waals surface area contributed by atoms with E-state index < -0.39 is 0 Å². The molecule has 0 saturated carbocycles. The molecule has 1 saturated heterocycles. The molecule has 19 heavy (non-hydrogen) atoms. The van der Waals surface area contributed by atoms with E-state index >= 15 is 0 Å². The molecule has 0 radical (unpaired) electrons. The van der Waals surface area contributed by atoms with Crippen LogP contribution in [-0.4, -0.2) is 48.9 Å². The maximum absolute atomic E-state index is 11.9. The largest absolute Gasteiger partial charge is 0.353 e. The fourth-order valence-corrected chi connectivity index (χ4v) is 2.46. The molecule has 0 aromatic rings. The van der Waals surface area contributed by atoms with Crippen molar-refractivity contribution in [2.75, 3.05) is 26.2 Å². The SMILES string of the molecule is CCN(CC)C(=O)CCC(=O)NC1CCNCC1C. The molecule has 2 atom stereocenters. The van der Waals surface area contributed by atoms with Gasteiger partial charge in [0.05, 0.1) is 0 Å². The van der Waals surface area contributed by atoms with Crippen LogP contribution in [0.2, 0.25) is 0 Å². The molecule has 1 rings (SSSR count). The van der Waals surface area contributed by atoms with Gasteiger partial charge in [0.1, 0.15) is 0 Å². The summed E-state index contributed by atoms with van der Waals surface area (Å²) in [6.45, 7) is 9.37. The monoisotopic (exact) mass is 269 g/mol. The van der Waals surface area contributed by atoms with Gasteiger partial charge in [-0.1, -0.05) is 6.92 Å². The van der Waals surface area contributed by atoms with Gasteiger partial charge in [-0.05, 0) is 39.3 Å². The van der Waals surface area contributed by atoms with Crippen molar-refractivity contribution in [2.45, 2.75) is 46.1 Å². The van der Waals surface area contributed by atoms with Crippen LogP contribution in [0, 0.1) is 5.92 Å². The molecule has 1 aliphatic rings. The first kappa shape index (κ1) is 16.0. The molecule has 0 bridgehead atoms. The Bertz CT molecular complexity index is 303. The molecule has 0 aromatic carbocycles. The topological polar surface area (TPSA) is 61.4 Å². The van der Waals surface area contributed by atoms with E-state index in [0.717, 1.165) is 19.5 Å². The van der Waals surface area contributed by atoms with Gasteiger partial charge in [-0.15, -0.1) is 0 Å². The van der Waals surface area contributed by atoms with Crippen LogP contribution in [0.1, 0.15) is 40.0 Å². The van der Waals surface area contributed by atoms with Crippen molar-refractivity contribution in [2.24, 2.45) is 5.92 Å². The van der Waals surface area contributed by atoms with Gasteiger partial charge in [0.25, 0.3) is 0 Å². The predicted molar refractivity (Wildman–Crippen MR) is 75.7 cm³/mol. The Balaban J connectivity index is 2.29. The maximum Gasteiger partial charge on any atom is 0.223 e. The Morgan fingerprint density at radius 3 is 2.53 bits per heavy atom. The van der Waals surface area contributed by atoms with Gasteiger partial charge in [-0.2, -0.15) is 0 Å². The molecule has 1 fully saturated rings. The van der Waals surface area contributed by atoms with Crippen LogP contribution in [-0.2, 0) is 9.59 Å². The number of nitrogens with one attached hydrogen (secondary N) is 2. The lowest BCUT2D eigenvalue weighted by Crippen LogP contribution is -2.48. The summed E-state index contributed by atoms with van der Waals surface area (Å²) in [7, 11) is 0. The molecule has 1 aliphatic heterocycles. The number of rotatable bonds is 6. The van der Waals surface area contributed by atoms with Crippen molar-refractivity contribution in [3.63, 3.8) is 0 Å². The van der Waals surface area contributed by atoms with Crippen molar-refractivity contribution in [3.8, 4) is 0 Å². The molecule has 5 nitrogen and oxygen atoms in total. The predicted octanol–water partition coefficient (Wildman–Crippen LogP) is 0.749. The Morgan fingerprint density at radius 2 is 1.95 bits per heavy atom. The van der Waals surface area contributed by atoms with Crippen molar-refractivity contribution in [3.05, 3.63) is 0 Å². The summed E-state index contributed by atoms with van der Waals surface area (Å²) >= 11 is 0. The third-order valence-electron chi connectivity index (χ3n) is 3.81. The summed E-state index contributed by atoms with van der Waals surface area (Å²) in [5.41, 5.74) is 0. The molecule has 5 heteroatoms. The van der Waals surface area contributed by atoms with E-state index in [-0.39, 0.29) is 17.9 Å². The van der Waals surface area contributed by atoms with E-state index in [1.54, 1.807) is 4.90 Å². The van der Waals surface area contributed by atoms with Crippen LogP contribution in [0.5, 0.6) is 0 Å². The number of carbonyl (C=O) groups is 2. The third-order valence-corrected chi connectivity index (χ3v) is 3.81. The number of hydrogen-bond acceptors (Lipinski definition) is 3. The summed E-state index contributed by atoms with van der Waals surface area (Å²) in [4.78, 5) is 25.4. The molecule has 0 aromatic heterocycles. The molecule has 110 valence electrons. The fraction of sp³-hybridized carbons (Fsp3) is 0.857. The minimum absolute atomic E-state index is 0.000689. The number of piperidine rings is 1. The molecular formula is C14H27N3O2. The molecule has 2 amide bonds. The van der Waals surface area contributed by atoms with Crippen LogP contribution < -0.4 is 10.6 Å². The van der Waals surface area contributed by atoms with Gasteiger partial charge in [0.2, 0.25) is 11.8 Å². The van der Waals surface area contributed by atoms with Crippen molar-refractivity contribution in [1.82, 2.24) is 15.5 Å². The summed E-state index contributed by atoms with van der Waals surface area (Å²) in [6, 6.07) is 0.248. The normalized spacial score (nSPS) is 22.9. The van der Waals surface area contributed by atoms with Gasteiger partial charge >= 0.3 is 0 Å². The molecule has 1 heterocycles. The quantitative estimate of drug-likeness (QED) is 0.748. The van der Waals surface area contributed by atoms with Crippen LogP contribution in [0.25, 0.3) is 0 Å². The first-order valence-corrected chi connectivity index (χ1v) is 7.36. The second-order valence-corrected chi connectivity index (χ2v) is 5.21. The minimum atomic E-state index is -0.000689. The lowest BCUT2D eigenvalue weighted by atomic mass is 9.95. The number of amides is 2. The number of nitrogens with zero attached hydrogens (tertiary/aromatic N) is 1. The van der Waals surface area contributed by atoms with Gasteiger partial charge in [-0.25, -0.2) is 0 Å². The zero-order valence-electron chi connectivity index (χ0n) is 12.4. The van der Waals surface area contributed by atoms with Crippen molar-refractivity contribution in [1.29, 1.82) is 0 Å². The first-order valence-electron chi connectivity index (χ1n) is 7.36. The first-order chi connectivity index (χ1) is 9.08. The zero-order valence-corrected chi connectivity index (χ0v) is 12.4. The Labute approximate surface area is 116 Å². The number of carbonyl (C=O) groups excluding carboxylic acids is 2. The van der Waals surface area contributed by atoms with E-state index in [0.29, 0.717) is 31.8 Å². The number of hydrogen-bond donors (Lipinski definition) is 2. The van der Waals surface area contributed by atoms with Crippen LogP contribution in [0.15, 0.2) is 0 Å². The molecular weight excluding hydrogens is 242 g/mol. The average Bonchev–Trinajstić information content (AvgIpc) is 2.40. The highest BCUT2D eigenvalue weighted by atomic mass is 16.2. The smallest absolute Gasteiger partial charge is 0.223 e. The second-order valence-electron chi connectivity index (χ2n) is 5.21. The summed E-state index contributed by atoms with van der Waals surface area (Å²) in [5, 5.41) is 6.36. The summed E-state index contributed by atoms with van der Waals surface area (Å²) in [5.74, 6) is 0.522. The lowest BCUT2D eigenvalue weighted by Gasteiger charge is -2.30. The van der Waals surface area contributed by atoms with Gasteiger partial charge in [-0.3, -0.25) is 9.59 Å². The molecule has 2 N–H and O–H groups in total. The van der Waals surface area contributed by atoms with E-state index in [4.69, 9.17) is 0 Å². The Morgan fingerprint density at radius 1 is 1.26 bits per heavy atom. The summed E-state index contributed by atoms with van der Waals surface area (Å²) in [6.07, 6.45) is 1.58. The van der Waals surface area contributed by atoms with Gasteiger partial charge < -0.3 is 15.5 Å². The highest BCUT2D eigenvalue weighted by Crippen LogP contribution is 2.10. The van der Waals surface area contributed by atoms with Crippen LogP contribution >= 0.6 is 0 Å². The molecule has 0 aliphatic carbocycles. The fourth-order valence-electron chi connectivity index (χ4n) is 2.46. The Hall–Kier alpha value is -1.10. The Kier molecular flexibility index (Phi) is 6.84.